The zero-order chi connectivity index (χ0) is 19.2. The van der Waals surface area contributed by atoms with E-state index in [-0.39, 0.29) is 6.10 Å². The highest BCUT2D eigenvalue weighted by atomic mass is 16.6. The normalized spacial score (nSPS) is 14.8. The van der Waals surface area contributed by atoms with Crippen LogP contribution in [0.4, 0.5) is 5.69 Å². The molecule has 5 nitrogen and oxygen atoms in total. The standard InChI is InChI=1S/C23H20N2O3/c24-13-17-6-9-20(10-7-17)26-15-21-16-27-23-12-19(8-11-22(23)28-21)25-14-18-4-2-1-3-5-18/h1-12,21,25H,14-16H2/t21-/m0/s1. The summed E-state index contributed by atoms with van der Waals surface area (Å²) in [6.45, 7) is 1.55. The van der Waals surface area contributed by atoms with Crippen LogP contribution in [0.5, 0.6) is 17.2 Å². The first kappa shape index (κ1) is 17.7. The van der Waals surface area contributed by atoms with Gasteiger partial charge in [-0.05, 0) is 42.0 Å². The molecule has 4 rings (SSSR count). The van der Waals surface area contributed by atoms with E-state index in [1.165, 1.54) is 5.56 Å². The lowest BCUT2D eigenvalue weighted by molar-refractivity contribution is 0.0536. The Morgan fingerprint density at radius 3 is 2.61 bits per heavy atom. The van der Waals surface area contributed by atoms with Crippen molar-refractivity contribution in [2.24, 2.45) is 0 Å². The number of nitrogens with one attached hydrogen (secondary N) is 1. The topological polar surface area (TPSA) is 63.5 Å². The van der Waals surface area contributed by atoms with Crippen LogP contribution in [0.3, 0.4) is 0 Å². The summed E-state index contributed by atoms with van der Waals surface area (Å²) >= 11 is 0. The summed E-state index contributed by atoms with van der Waals surface area (Å²) in [4.78, 5) is 0. The monoisotopic (exact) mass is 372 g/mol. The fourth-order valence-electron chi connectivity index (χ4n) is 2.92. The third kappa shape index (κ3) is 4.36. The van der Waals surface area contributed by atoms with Gasteiger partial charge in [0.15, 0.2) is 17.6 Å². The Labute approximate surface area is 164 Å². The summed E-state index contributed by atoms with van der Waals surface area (Å²) in [6.07, 6.45) is -0.189. The Morgan fingerprint density at radius 1 is 1.00 bits per heavy atom. The van der Waals surface area contributed by atoms with Crippen molar-refractivity contribution < 1.29 is 14.2 Å². The Bertz CT molecular complexity index is 965. The number of anilines is 1. The first-order valence-electron chi connectivity index (χ1n) is 9.14. The second-order valence-electron chi connectivity index (χ2n) is 6.50. The van der Waals surface area contributed by atoms with Gasteiger partial charge < -0.3 is 19.5 Å². The van der Waals surface area contributed by atoms with E-state index in [9.17, 15) is 0 Å². The van der Waals surface area contributed by atoms with Gasteiger partial charge in [-0.25, -0.2) is 0 Å². The van der Waals surface area contributed by atoms with Crippen molar-refractivity contribution >= 4 is 5.69 Å². The minimum atomic E-state index is -0.189. The highest BCUT2D eigenvalue weighted by molar-refractivity contribution is 5.55. The smallest absolute Gasteiger partial charge is 0.166 e. The lowest BCUT2D eigenvalue weighted by Crippen LogP contribution is -2.34. The molecular formula is C23H20N2O3. The first-order chi connectivity index (χ1) is 13.8. The second-order valence-corrected chi connectivity index (χ2v) is 6.50. The summed E-state index contributed by atoms with van der Waals surface area (Å²) in [5, 5.41) is 12.2. The third-order valence-electron chi connectivity index (χ3n) is 4.42. The van der Waals surface area contributed by atoms with E-state index >= 15 is 0 Å². The summed E-state index contributed by atoms with van der Waals surface area (Å²) in [7, 11) is 0. The molecule has 28 heavy (non-hydrogen) atoms. The van der Waals surface area contributed by atoms with Gasteiger partial charge in [0, 0.05) is 18.3 Å². The molecule has 0 radical (unpaired) electrons. The van der Waals surface area contributed by atoms with Crippen molar-refractivity contribution in [3.8, 4) is 23.3 Å². The first-order valence-corrected chi connectivity index (χ1v) is 9.14. The molecule has 0 aliphatic carbocycles. The van der Waals surface area contributed by atoms with Crippen molar-refractivity contribution in [2.45, 2.75) is 12.6 Å². The van der Waals surface area contributed by atoms with Gasteiger partial charge >= 0.3 is 0 Å². The van der Waals surface area contributed by atoms with Crippen LogP contribution in [0.25, 0.3) is 0 Å². The van der Waals surface area contributed by atoms with Gasteiger partial charge in [0.05, 0.1) is 11.6 Å². The molecule has 1 atom stereocenters. The van der Waals surface area contributed by atoms with Crippen LogP contribution >= 0.6 is 0 Å². The summed E-state index contributed by atoms with van der Waals surface area (Å²) in [5.41, 5.74) is 2.81. The average Bonchev–Trinajstić information content (AvgIpc) is 2.77. The molecular weight excluding hydrogens is 352 g/mol. The van der Waals surface area contributed by atoms with Crippen LogP contribution in [-0.2, 0) is 6.54 Å². The molecule has 0 spiro atoms. The van der Waals surface area contributed by atoms with E-state index in [0.717, 1.165) is 18.0 Å². The molecule has 0 bridgehead atoms. The molecule has 0 aromatic heterocycles. The van der Waals surface area contributed by atoms with Gasteiger partial charge in [-0.15, -0.1) is 0 Å². The third-order valence-corrected chi connectivity index (χ3v) is 4.42. The van der Waals surface area contributed by atoms with Crippen LogP contribution < -0.4 is 19.5 Å². The van der Waals surface area contributed by atoms with E-state index in [1.807, 2.05) is 36.4 Å². The molecule has 5 heteroatoms. The lowest BCUT2D eigenvalue weighted by atomic mass is 10.2. The molecule has 0 saturated carbocycles. The second kappa shape index (κ2) is 8.36. The van der Waals surface area contributed by atoms with Gasteiger partial charge in [0.2, 0.25) is 0 Å². The molecule has 0 unspecified atom stereocenters. The Hall–Kier alpha value is -3.65. The largest absolute Gasteiger partial charge is 0.490 e. The Morgan fingerprint density at radius 2 is 1.82 bits per heavy atom. The van der Waals surface area contributed by atoms with Gasteiger partial charge in [-0.2, -0.15) is 5.26 Å². The maximum absolute atomic E-state index is 8.83. The molecule has 3 aromatic rings. The summed E-state index contributed by atoms with van der Waals surface area (Å²) in [6, 6.07) is 25.2. The predicted octanol–water partition coefficient (Wildman–Crippen LogP) is 4.39. The predicted molar refractivity (Wildman–Crippen MR) is 107 cm³/mol. The van der Waals surface area contributed by atoms with Crippen molar-refractivity contribution in [2.75, 3.05) is 18.5 Å². The Kier molecular flexibility index (Phi) is 5.30. The van der Waals surface area contributed by atoms with Crippen LogP contribution in [0, 0.1) is 11.3 Å². The number of nitriles is 1. The SMILES string of the molecule is N#Cc1ccc(OC[C@H]2COc3cc(NCc4ccccc4)ccc3O2)cc1. The molecule has 1 N–H and O–H groups in total. The Balaban J connectivity index is 1.32. The van der Waals surface area contributed by atoms with Crippen molar-refractivity contribution in [3.05, 3.63) is 83.9 Å². The summed E-state index contributed by atoms with van der Waals surface area (Å²) < 4.78 is 17.6. The van der Waals surface area contributed by atoms with E-state index in [0.29, 0.717) is 30.3 Å². The van der Waals surface area contributed by atoms with Crippen LogP contribution in [0.15, 0.2) is 72.8 Å². The molecule has 1 aliphatic heterocycles. The number of fused-ring (bicyclic) bond motifs is 1. The van der Waals surface area contributed by atoms with Gasteiger partial charge in [0.1, 0.15) is 19.0 Å². The van der Waals surface area contributed by atoms with E-state index in [4.69, 9.17) is 19.5 Å². The van der Waals surface area contributed by atoms with Crippen LogP contribution in [0.1, 0.15) is 11.1 Å². The van der Waals surface area contributed by atoms with E-state index in [2.05, 4.69) is 23.5 Å². The molecule has 1 aliphatic rings. The van der Waals surface area contributed by atoms with Crippen molar-refractivity contribution in [1.29, 1.82) is 5.26 Å². The molecule has 140 valence electrons. The number of hydrogen-bond donors (Lipinski definition) is 1. The van der Waals surface area contributed by atoms with E-state index < -0.39 is 0 Å². The minimum Gasteiger partial charge on any atom is -0.490 e. The number of hydrogen-bond acceptors (Lipinski definition) is 5. The number of ether oxygens (including phenoxy) is 3. The number of rotatable bonds is 6. The van der Waals surface area contributed by atoms with Crippen LogP contribution in [0.2, 0.25) is 0 Å². The highest BCUT2D eigenvalue weighted by Crippen LogP contribution is 2.34. The zero-order valence-electron chi connectivity index (χ0n) is 15.3. The number of nitrogens with zero attached hydrogens (tertiary/aromatic N) is 1. The fourth-order valence-corrected chi connectivity index (χ4v) is 2.92. The minimum absolute atomic E-state index is 0.189. The lowest BCUT2D eigenvalue weighted by Gasteiger charge is -2.27. The molecule has 0 saturated heterocycles. The van der Waals surface area contributed by atoms with Crippen molar-refractivity contribution in [1.82, 2.24) is 0 Å². The molecule has 3 aromatic carbocycles. The fraction of sp³-hybridized carbons (Fsp3) is 0.174. The van der Waals surface area contributed by atoms with Gasteiger partial charge in [-0.3, -0.25) is 0 Å². The van der Waals surface area contributed by atoms with Crippen molar-refractivity contribution in [3.63, 3.8) is 0 Å². The molecule has 1 heterocycles. The molecule has 0 amide bonds. The number of benzene rings is 3. The van der Waals surface area contributed by atoms with Gasteiger partial charge in [0.25, 0.3) is 0 Å². The zero-order valence-corrected chi connectivity index (χ0v) is 15.3. The average molecular weight is 372 g/mol. The highest BCUT2D eigenvalue weighted by Gasteiger charge is 2.22. The van der Waals surface area contributed by atoms with Gasteiger partial charge in [-0.1, -0.05) is 30.3 Å². The quantitative estimate of drug-likeness (QED) is 0.695. The summed E-state index contributed by atoms with van der Waals surface area (Å²) in [5.74, 6) is 2.14. The maximum Gasteiger partial charge on any atom is 0.166 e. The maximum atomic E-state index is 8.83. The van der Waals surface area contributed by atoms with Crippen LogP contribution in [-0.4, -0.2) is 19.3 Å². The van der Waals surface area contributed by atoms with E-state index in [1.54, 1.807) is 24.3 Å². The molecule has 0 fully saturated rings.